The van der Waals surface area contributed by atoms with Crippen LogP contribution in [0.15, 0.2) is 34.9 Å². The molecule has 1 heterocycles. The van der Waals surface area contributed by atoms with E-state index in [1.54, 1.807) is 12.1 Å². The van der Waals surface area contributed by atoms with Gasteiger partial charge in [-0.2, -0.15) is 0 Å². The zero-order valence-corrected chi connectivity index (χ0v) is 13.8. The average Bonchev–Trinajstić information content (AvgIpc) is 3.29. The fourth-order valence-corrected chi connectivity index (χ4v) is 2.81. The number of carbonyl (C=O) groups excluding carboxylic acids is 1. The molecule has 0 spiro atoms. The summed E-state index contributed by atoms with van der Waals surface area (Å²) in [5, 5.41) is 3.70. The second kappa shape index (κ2) is 6.34. The van der Waals surface area contributed by atoms with E-state index < -0.39 is 0 Å². The van der Waals surface area contributed by atoms with Crippen molar-refractivity contribution in [3.05, 3.63) is 41.2 Å². The Bertz CT molecular complexity index is 694. The van der Waals surface area contributed by atoms with Crippen molar-refractivity contribution in [3.8, 4) is 11.5 Å². The van der Waals surface area contributed by atoms with Crippen LogP contribution in [0.4, 0.5) is 0 Å². The molecule has 1 atom stereocenters. The first-order valence-corrected chi connectivity index (χ1v) is 8.09. The number of aromatic nitrogens is 1. The number of amides is 1. The predicted molar refractivity (Wildman–Crippen MR) is 89.0 cm³/mol. The highest BCUT2D eigenvalue weighted by atomic mass is 35.5. The van der Waals surface area contributed by atoms with Crippen molar-refractivity contribution in [3.63, 3.8) is 0 Å². The summed E-state index contributed by atoms with van der Waals surface area (Å²) >= 11 is 5.86. The van der Waals surface area contributed by atoms with Crippen molar-refractivity contribution in [2.24, 2.45) is 11.7 Å². The smallest absolute Gasteiger partial charge is 0.226 e. The molecule has 0 bridgehead atoms. The normalized spacial score (nSPS) is 16.8. The summed E-state index contributed by atoms with van der Waals surface area (Å²) < 4.78 is 5.45. The van der Waals surface area contributed by atoms with Crippen molar-refractivity contribution in [2.75, 3.05) is 6.54 Å². The number of hydrogen-bond donors (Lipinski definition) is 2. The molecule has 1 aromatic carbocycles. The molecule has 23 heavy (non-hydrogen) atoms. The summed E-state index contributed by atoms with van der Waals surface area (Å²) in [6, 6.07) is 7.21. The van der Waals surface area contributed by atoms with Gasteiger partial charge in [0, 0.05) is 17.1 Å². The Hall–Kier alpha value is -1.85. The van der Waals surface area contributed by atoms with Crippen LogP contribution in [0.2, 0.25) is 5.02 Å². The average molecular weight is 334 g/mol. The van der Waals surface area contributed by atoms with Crippen molar-refractivity contribution >= 4 is 17.5 Å². The van der Waals surface area contributed by atoms with Crippen LogP contribution in [0.1, 0.15) is 25.5 Å². The highest BCUT2D eigenvalue weighted by Crippen LogP contribution is 2.39. The van der Waals surface area contributed by atoms with E-state index in [0.717, 1.165) is 18.4 Å². The molecule has 1 saturated carbocycles. The standard InChI is InChI=1S/C17H20ClN3O2/c1-17(10-19,12-4-5-12)21-15(22)8-14-9-23-16(20-14)11-2-6-13(18)7-3-11/h2-3,6-7,9,12H,4-5,8,10,19H2,1H3,(H,21,22). The van der Waals surface area contributed by atoms with Gasteiger partial charge in [-0.25, -0.2) is 4.98 Å². The Labute approximate surface area is 140 Å². The predicted octanol–water partition coefficient (Wildman–Crippen LogP) is 2.78. The Morgan fingerprint density at radius 3 is 2.74 bits per heavy atom. The molecule has 1 unspecified atom stereocenters. The number of rotatable bonds is 6. The van der Waals surface area contributed by atoms with Gasteiger partial charge in [0.1, 0.15) is 6.26 Å². The maximum Gasteiger partial charge on any atom is 0.226 e. The van der Waals surface area contributed by atoms with Crippen LogP contribution < -0.4 is 11.1 Å². The van der Waals surface area contributed by atoms with Crippen molar-refractivity contribution < 1.29 is 9.21 Å². The van der Waals surface area contributed by atoms with E-state index in [1.165, 1.54) is 6.26 Å². The second-order valence-corrected chi connectivity index (χ2v) is 6.71. The maximum atomic E-state index is 12.2. The largest absolute Gasteiger partial charge is 0.444 e. The molecule has 1 aliphatic rings. The molecular weight excluding hydrogens is 314 g/mol. The van der Waals surface area contributed by atoms with Crippen LogP contribution in [-0.4, -0.2) is 23.0 Å². The van der Waals surface area contributed by atoms with Gasteiger partial charge < -0.3 is 15.5 Å². The Morgan fingerprint density at radius 2 is 2.13 bits per heavy atom. The molecule has 6 heteroatoms. The fourth-order valence-electron chi connectivity index (χ4n) is 2.68. The van der Waals surface area contributed by atoms with Crippen LogP contribution in [-0.2, 0) is 11.2 Å². The van der Waals surface area contributed by atoms with Crippen LogP contribution in [0.25, 0.3) is 11.5 Å². The molecule has 3 rings (SSSR count). The molecule has 0 radical (unpaired) electrons. The van der Waals surface area contributed by atoms with Gasteiger partial charge in [0.05, 0.1) is 17.7 Å². The molecular formula is C17H20ClN3O2. The van der Waals surface area contributed by atoms with E-state index in [1.807, 2.05) is 19.1 Å². The van der Waals surface area contributed by atoms with E-state index >= 15 is 0 Å². The third-order valence-corrected chi connectivity index (χ3v) is 4.56. The lowest BCUT2D eigenvalue weighted by Gasteiger charge is -2.29. The topological polar surface area (TPSA) is 81.1 Å². The zero-order valence-electron chi connectivity index (χ0n) is 13.0. The van der Waals surface area contributed by atoms with Gasteiger partial charge in [0.25, 0.3) is 0 Å². The summed E-state index contributed by atoms with van der Waals surface area (Å²) in [5.41, 5.74) is 6.93. The molecule has 1 aromatic heterocycles. The van der Waals surface area contributed by atoms with Crippen LogP contribution in [0.3, 0.4) is 0 Å². The molecule has 1 fully saturated rings. The first-order chi connectivity index (χ1) is 11.0. The van der Waals surface area contributed by atoms with Gasteiger partial charge in [0.15, 0.2) is 0 Å². The van der Waals surface area contributed by atoms with Gasteiger partial charge in [-0.15, -0.1) is 0 Å². The monoisotopic (exact) mass is 333 g/mol. The lowest BCUT2D eigenvalue weighted by molar-refractivity contribution is -0.122. The molecule has 2 aromatic rings. The quantitative estimate of drug-likeness (QED) is 0.851. The third-order valence-electron chi connectivity index (χ3n) is 4.31. The first-order valence-electron chi connectivity index (χ1n) is 7.71. The lowest BCUT2D eigenvalue weighted by atomic mass is 9.95. The lowest BCUT2D eigenvalue weighted by Crippen LogP contribution is -2.53. The number of nitrogens with zero attached hydrogens (tertiary/aromatic N) is 1. The van der Waals surface area contributed by atoms with Crippen LogP contribution >= 0.6 is 11.6 Å². The van der Waals surface area contributed by atoms with Crippen LogP contribution in [0, 0.1) is 5.92 Å². The van der Waals surface area contributed by atoms with Gasteiger partial charge in [-0.3, -0.25) is 4.79 Å². The minimum absolute atomic E-state index is 0.0826. The summed E-state index contributed by atoms with van der Waals surface area (Å²) in [6.07, 6.45) is 3.94. The van der Waals surface area contributed by atoms with Gasteiger partial charge in [-0.05, 0) is 49.9 Å². The second-order valence-electron chi connectivity index (χ2n) is 6.27. The number of carbonyl (C=O) groups is 1. The van der Waals surface area contributed by atoms with Crippen molar-refractivity contribution in [1.29, 1.82) is 0 Å². The summed E-state index contributed by atoms with van der Waals surface area (Å²) in [4.78, 5) is 16.6. The fraction of sp³-hybridized carbons (Fsp3) is 0.412. The SMILES string of the molecule is CC(CN)(NC(=O)Cc1coc(-c2ccc(Cl)cc2)n1)C1CC1. The van der Waals surface area contributed by atoms with E-state index in [9.17, 15) is 4.79 Å². The third kappa shape index (κ3) is 3.74. The van der Waals surface area contributed by atoms with Gasteiger partial charge in [-0.1, -0.05) is 11.6 Å². The zero-order chi connectivity index (χ0) is 16.4. The number of nitrogens with two attached hydrogens (primary N) is 1. The maximum absolute atomic E-state index is 12.2. The highest BCUT2D eigenvalue weighted by Gasteiger charge is 2.41. The van der Waals surface area contributed by atoms with Crippen LogP contribution in [0.5, 0.6) is 0 Å². The minimum Gasteiger partial charge on any atom is -0.444 e. The number of halogens is 1. The highest BCUT2D eigenvalue weighted by molar-refractivity contribution is 6.30. The molecule has 1 amide bonds. The van der Waals surface area contributed by atoms with E-state index in [2.05, 4.69) is 10.3 Å². The summed E-state index contributed by atoms with van der Waals surface area (Å²) in [7, 11) is 0. The van der Waals surface area contributed by atoms with E-state index in [0.29, 0.717) is 29.1 Å². The molecule has 0 saturated heterocycles. The Balaban J connectivity index is 1.64. The van der Waals surface area contributed by atoms with Crippen molar-refractivity contribution in [1.82, 2.24) is 10.3 Å². The summed E-state index contributed by atoms with van der Waals surface area (Å²) in [6.45, 7) is 2.45. The molecule has 1 aliphatic carbocycles. The number of oxazole rings is 1. The van der Waals surface area contributed by atoms with Gasteiger partial charge >= 0.3 is 0 Å². The molecule has 3 N–H and O–H groups in total. The molecule has 0 aliphatic heterocycles. The summed E-state index contributed by atoms with van der Waals surface area (Å²) in [5.74, 6) is 0.882. The van der Waals surface area contributed by atoms with E-state index in [-0.39, 0.29) is 17.9 Å². The molecule has 5 nitrogen and oxygen atoms in total. The molecule has 122 valence electrons. The Kier molecular flexibility index (Phi) is 4.41. The Morgan fingerprint density at radius 1 is 1.43 bits per heavy atom. The number of nitrogens with one attached hydrogen (secondary N) is 1. The van der Waals surface area contributed by atoms with E-state index in [4.69, 9.17) is 21.8 Å². The van der Waals surface area contributed by atoms with Crippen molar-refractivity contribution in [2.45, 2.75) is 31.7 Å². The number of hydrogen-bond acceptors (Lipinski definition) is 4. The minimum atomic E-state index is -0.320. The number of benzene rings is 1. The van der Waals surface area contributed by atoms with Gasteiger partial charge in [0.2, 0.25) is 11.8 Å². The first kappa shape index (κ1) is 16.0.